The van der Waals surface area contributed by atoms with Crippen molar-refractivity contribution in [2.45, 2.75) is 38.1 Å². The third-order valence-electron chi connectivity index (χ3n) is 5.33. The quantitative estimate of drug-likeness (QED) is 0.279. The normalized spacial score (nSPS) is 12.7. The Hall–Kier alpha value is -3.38. The molecule has 0 aliphatic rings. The summed E-state index contributed by atoms with van der Waals surface area (Å²) >= 11 is 0. The van der Waals surface area contributed by atoms with Crippen LogP contribution >= 0.6 is 0 Å². The van der Waals surface area contributed by atoms with Gasteiger partial charge in [0, 0.05) is 18.6 Å². The SMILES string of the molecule is CCOC(=O)CC(Cc1ccc(OCC[C@H](N)c2cccc[n+]2[O-])cc1)c1ccccc1. The van der Waals surface area contributed by atoms with E-state index in [0.717, 1.165) is 28.0 Å². The molecule has 3 rings (SSSR count). The first kappa shape index (κ1) is 23.3. The maximum atomic E-state index is 12.1. The molecule has 0 spiro atoms. The van der Waals surface area contributed by atoms with E-state index in [1.54, 1.807) is 18.2 Å². The average Bonchev–Trinajstić information content (AvgIpc) is 2.81. The maximum absolute atomic E-state index is 12.1. The molecule has 168 valence electrons. The zero-order valence-electron chi connectivity index (χ0n) is 18.4. The molecular formula is C26H30N2O4. The molecule has 0 aliphatic heterocycles. The molecule has 1 heterocycles. The van der Waals surface area contributed by atoms with E-state index in [2.05, 4.69) is 0 Å². The molecule has 6 heteroatoms. The number of rotatable bonds is 11. The predicted octanol–water partition coefficient (Wildman–Crippen LogP) is 4.07. The van der Waals surface area contributed by atoms with E-state index in [1.807, 2.05) is 61.5 Å². The number of carbonyl (C=O) groups excluding carboxylic acids is 1. The van der Waals surface area contributed by atoms with E-state index in [4.69, 9.17) is 15.2 Å². The Morgan fingerprint density at radius 3 is 2.44 bits per heavy atom. The van der Waals surface area contributed by atoms with Gasteiger partial charge in [0.2, 0.25) is 5.69 Å². The number of nitrogens with zero attached hydrogens (tertiary/aromatic N) is 1. The average molecular weight is 435 g/mol. The Balaban J connectivity index is 1.56. The zero-order chi connectivity index (χ0) is 22.8. The van der Waals surface area contributed by atoms with Gasteiger partial charge in [-0.3, -0.25) is 4.79 Å². The van der Waals surface area contributed by atoms with Crippen molar-refractivity contribution in [2.24, 2.45) is 5.73 Å². The van der Waals surface area contributed by atoms with Crippen LogP contribution in [-0.4, -0.2) is 19.2 Å². The van der Waals surface area contributed by atoms with Crippen molar-refractivity contribution in [2.75, 3.05) is 13.2 Å². The van der Waals surface area contributed by atoms with Gasteiger partial charge in [0.1, 0.15) is 5.75 Å². The second-order valence-corrected chi connectivity index (χ2v) is 7.66. The summed E-state index contributed by atoms with van der Waals surface area (Å²) in [6, 6.07) is 22.7. The van der Waals surface area contributed by atoms with Crippen LogP contribution < -0.4 is 15.2 Å². The second kappa shape index (κ2) is 11.9. The first-order valence-electron chi connectivity index (χ1n) is 10.9. The number of hydrogen-bond donors (Lipinski definition) is 1. The highest BCUT2D eigenvalue weighted by atomic mass is 16.5. The number of esters is 1. The highest BCUT2D eigenvalue weighted by molar-refractivity contribution is 5.70. The summed E-state index contributed by atoms with van der Waals surface area (Å²) in [5.41, 5.74) is 8.88. The summed E-state index contributed by atoms with van der Waals surface area (Å²) in [6.45, 7) is 2.61. The summed E-state index contributed by atoms with van der Waals surface area (Å²) in [4.78, 5) is 12.1. The minimum atomic E-state index is -0.387. The molecule has 0 saturated carbocycles. The van der Waals surface area contributed by atoms with Crippen molar-refractivity contribution in [3.8, 4) is 5.75 Å². The van der Waals surface area contributed by atoms with Gasteiger partial charge in [0.05, 0.1) is 25.7 Å². The number of carbonyl (C=O) groups is 1. The third kappa shape index (κ3) is 6.82. The summed E-state index contributed by atoms with van der Waals surface area (Å²) in [5.74, 6) is 0.603. The summed E-state index contributed by atoms with van der Waals surface area (Å²) < 4.78 is 11.8. The fourth-order valence-corrected chi connectivity index (χ4v) is 3.64. The molecule has 3 aromatic rings. The molecule has 0 aliphatic carbocycles. The van der Waals surface area contributed by atoms with E-state index in [1.165, 1.54) is 6.20 Å². The van der Waals surface area contributed by atoms with Crippen LogP contribution in [0.5, 0.6) is 5.75 Å². The number of ether oxygens (including phenoxy) is 2. The number of nitrogens with two attached hydrogens (primary N) is 1. The summed E-state index contributed by atoms with van der Waals surface area (Å²) in [7, 11) is 0. The second-order valence-electron chi connectivity index (χ2n) is 7.66. The van der Waals surface area contributed by atoms with E-state index in [-0.39, 0.29) is 17.9 Å². The molecule has 32 heavy (non-hydrogen) atoms. The minimum Gasteiger partial charge on any atom is -0.618 e. The Morgan fingerprint density at radius 1 is 1.03 bits per heavy atom. The molecule has 0 bridgehead atoms. The van der Waals surface area contributed by atoms with E-state index in [9.17, 15) is 10.0 Å². The van der Waals surface area contributed by atoms with Crippen LogP contribution in [-0.2, 0) is 16.0 Å². The van der Waals surface area contributed by atoms with Crippen LogP contribution in [0.25, 0.3) is 0 Å². The Bertz CT molecular complexity index is 977. The van der Waals surface area contributed by atoms with Crippen LogP contribution in [0.3, 0.4) is 0 Å². The highest BCUT2D eigenvalue weighted by Gasteiger charge is 2.18. The van der Waals surface area contributed by atoms with Gasteiger partial charge in [-0.1, -0.05) is 42.5 Å². The van der Waals surface area contributed by atoms with Crippen molar-refractivity contribution in [1.29, 1.82) is 0 Å². The topological polar surface area (TPSA) is 88.5 Å². The molecule has 0 amide bonds. The molecular weight excluding hydrogens is 404 g/mol. The van der Waals surface area contributed by atoms with Gasteiger partial charge < -0.3 is 20.4 Å². The number of benzene rings is 2. The molecule has 0 saturated heterocycles. The van der Waals surface area contributed by atoms with Crippen molar-refractivity contribution >= 4 is 5.97 Å². The molecule has 0 fully saturated rings. The first-order chi connectivity index (χ1) is 15.6. The van der Waals surface area contributed by atoms with Gasteiger partial charge in [-0.25, -0.2) is 0 Å². The fraction of sp³-hybridized carbons (Fsp3) is 0.308. The molecule has 2 N–H and O–H groups in total. The summed E-state index contributed by atoms with van der Waals surface area (Å²) in [5, 5.41) is 11.8. The first-order valence-corrected chi connectivity index (χ1v) is 10.9. The molecule has 0 radical (unpaired) electrons. The third-order valence-corrected chi connectivity index (χ3v) is 5.33. The van der Waals surface area contributed by atoms with Crippen molar-refractivity contribution < 1.29 is 19.0 Å². The lowest BCUT2D eigenvalue weighted by molar-refractivity contribution is -0.615. The van der Waals surface area contributed by atoms with Crippen LogP contribution in [0.2, 0.25) is 0 Å². The zero-order valence-corrected chi connectivity index (χ0v) is 18.4. The largest absolute Gasteiger partial charge is 0.618 e. The van der Waals surface area contributed by atoms with Crippen molar-refractivity contribution in [1.82, 2.24) is 0 Å². The lowest BCUT2D eigenvalue weighted by Gasteiger charge is -2.17. The maximum Gasteiger partial charge on any atom is 0.306 e. The number of aromatic nitrogens is 1. The lowest BCUT2D eigenvalue weighted by Crippen LogP contribution is -2.35. The standard InChI is InChI=1S/C26H30N2O4/c1-2-31-26(29)19-22(21-8-4-3-5-9-21)18-20-11-13-23(14-12-20)32-17-15-24(27)25-10-6-7-16-28(25)30/h3-14,16,22,24H,2,15,17-19,27H2,1H3/t22?,24-/m0/s1. The van der Waals surface area contributed by atoms with Gasteiger partial charge in [-0.2, -0.15) is 4.73 Å². The van der Waals surface area contributed by atoms with Gasteiger partial charge >= 0.3 is 5.97 Å². The minimum absolute atomic E-state index is 0.0460. The van der Waals surface area contributed by atoms with Crippen molar-refractivity contribution in [3.05, 3.63) is 101 Å². The van der Waals surface area contributed by atoms with E-state index in [0.29, 0.717) is 31.7 Å². The number of pyridine rings is 1. The Labute approximate surface area is 189 Å². The van der Waals surface area contributed by atoms with E-state index >= 15 is 0 Å². The highest BCUT2D eigenvalue weighted by Crippen LogP contribution is 2.26. The summed E-state index contributed by atoms with van der Waals surface area (Å²) in [6.07, 6.45) is 3.04. The number of hydrogen-bond acceptors (Lipinski definition) is 5. The Morgan fingerprint density at radius 2 is 1.75 bits per heavy atom. The van der Waals surface area contributed by atoms with Crippen LogP contribution in [0, 0.1) is 5.21 Å². The van der Waals surface area contributed by atoms with Gasteiger partial charge in [0.25, 0.3) is 0 Å². The Kier molecular flexibility index (Phi) is 8.63. The fourth-order valence-electron chi connectivity index (χ4n) is 3.64. The molecule has 1 aromatic heterocycles. The lowest BCUT2D eigenvalue weighted by atomic mass is 9.89. The van der Waals surface area contributed by atoms with Crippen molar-refractivity contribution in [3.63, 3.8) is 0 Å². The molecule has 1 unspecified atom stereocenters. The van der Waals surface area contributed by atoms with E-state index < -0.39 is 0 Å². The molecule has 2 atom stereocenters. The molecule has 6 nitrogen and oxygen atoms in total. The predicted molar refractivity (Wildman–Crippen MR) is 123 cm³/mol. The van der Waals surface area contributed by atoms with Crippen LogP contribution in [0.4, 0.5) is 0 Å². The van der Waals surface area contributed by atoms with Gasteiger partial charge in [-0.15, -0.1) is 0 Å². The smallest absolute Gasteiger partial charge is 0.306 e. The van der Waals surface area contributed by atoms with Gasteiger partial charge in [0.15, 0.2) is 6.20 Å². The molecule has 2 aromatic carbocycles. The van der Waals surface area contributed by atoms with Crippen LogP contribution in [0.15, 0.2) is 79.0 Å². The monoisotopic (exact) mass is 434 g/mol. The van der Waals surface area contributed by atoms with Gasteiger partial charge in [-0.05, 0) is 48.6 Å². The van der Waals surface area contributed by atoms with Crippen LogP contribution in [0.1, 0.15) is 48.5 Å².